The number of nitrogens with two attached hydrogens (primary N) is 1. The Kier molecular flexibility index (Phi) is 4.13. The summed E-state index contributed by atoms with van der Waals surface area (Å²) in [5.74, 6) is 0.780. The first-order valence-electron chi connectivity index (χ1n) is 7.28. The molecule has 1 fully saturated rings. The van der Waals surface area contributed by atoms with Gasteiger partial charge in [-0.05, 0) is 24.5 Å². The van der Waals surface area contributed by atoms with E-state index in [1.807, 2.05) is 12.1 Å². The van der Waals surface area contributed by atoms with Gasteiger partial charge in [0, 0.05) is 38.2 Å². The van der Waals surface area contributed by atoms with Gasteiger partial charge in [0.25, 0.3) is 5.91 Å². The molecule has 0 radical (unpaired) electrons. The summed E-state index contributed by atoms with van der Waals surface area (Å²) in [5, 5.41) is 2.77. The number of nitrogens with zero attached hydrogens (tertiary/aromatic N) is 4. The number of carbonyl (C=O) groups is 1. The molecule has 114 valence electrons. The second-order valence-corrected chi connectivity index (χ2v) is 5.19. The van der Waals surface area contributed by atoms with Gasteiger partial charge in [-0.1, -0.05) is 6.07 Å². The third-order valence-electron chi connectivity index (χ3n) is 3.63. The van der Waals surface area contributed by atoms with Gasteiger partial charge in [0.15, 0.2) is 11.5 Å². The zero-order valence-corrected chi connectivity index (χ0v) is 12.2. The van der Waals surface area contributed by atoms with Gasteiger partial charge in [-0.25, -0.2) is 15.0 Å². The Morgan fingerprint density at radius 3 is 2.64 bits per heavy atom. The van der Waals surface area contributed by atoms with E-state index in [0.29, 0.717) is 6.54 Å². The smallest absolute Gasteiger partial charge is 0.273 e. The van der Waals surface area contributed by atoms with Crippen LogP contribution in [0.2, 0.25) is 0 Å². The summed E-state index contributed by atoms with van der Waals surface area (Å²) >= 11 is 0. The molecule has 2 aromatic rings. The Bertz CT molecular complexity index is 651. The molecule has 0 aliphatic carbocycles. The maximum Gasteiger partial charge on any atom is 0.273 e. The molecule has 7 heteroatoms. The van der Waals surface area contributed by atoms with Crippen LogP contribution in [-0.4, -0.2) is 33.9 Å². The molecule has 3 rings (SSSR count). The fourth-order valence-corrected chi connectivity index (χ4v) is 2.44. The number of hydrogen-bond donors (Lipinski definition) is 2. The lowest BCUT2D eigenvalue weighted by Crippen LogP contribution is -2.25. The average Bonchev–Trinajstić information content (AvgIpc) is 3.08. The molecule has 1 aliphatic rings. The summed E-state index contributed by atoms with van der Waals surface area (Å²) in [7, 11) is 0. The Morgan fingerprint density at radius 2 is 1.95 bits per heavy atom. The summed E-state index contributed by atoms with van der Waals surface area (Å²) in [6.07, 6.45) is 7.12. The van der Waals surface area contributed by atoms with E-state index in [9.17, 15) is 4.79 Å². The molecule has 1 saturated heterocycles. The molecule has 1 amide bonds. The zero-order valence-electron chi connectivity index (χ0n) is 12.2. The molecule has 7 nitrogen and oxygen atoms in total. The van der Waals surface area contributed by atoms with Crippen LogP contribution in [-0.2, 0) is 6.54 Å². The average molecular weight is 298 g/mol. The first kappa shape index (κ1) is 14.2. The minimum absolute atomic E-state index is 0.127. The van der Waals surface area contributed by atoms with Crippen LogP contribution in [0.3, 0.4) is 0 Å². The van der Waals surface area contributed by atoms with Crippen LogP contribution in [0.4, 0.5) is 11.6 Å². The molecule has 22 heavy (non-hydrogen) atoms. The number of hydrogen-bond acceptors (Lipinski definition) is 6. The second-order valence-electron chi connectivity index (χ2n) is 5.19. The van der Waals surface area contributed by atoms with E-state index < -0.39 is 0 Å². The summed E-state index contributed by atoms with van der Waals surface area (Å²) < 4.78 is 0. The fraction of sp³-hybridized carbons (Fsp3) is 0.333. The summed E-state index contributed by atoms with van der Waals surface area (Å²) in [4.78, 5) is 26.5. The van der Waals surface area contributed by atoms with Gasteiger partial charge in [0.1, 0.15) is 5.82 Å². The number of rotatable bonds is 4. The SMILES string of the molecule is Nc1nccnc1C(=O)NCc1ccc(N2CCCC2)nc1. The number of aromatic nitrogens is 3. The van der Waals surface area contributed by atoms with Gasteiger partial charge in [0.2, 0.25) is 0 Å². The number of amides is 1. The first-order chi connectivity index (χ1) is 10.7. The van der Waals surface area contributed by atoms with Crippen molar-refractivity contribution < 1.29 is 4.79 Å². The Morgan fingerprint density at radius 1 is 1.18 bits per heavy atom. The molecule has 0 spiro atoms. The third kappa shape index (κ3) is 3.13. The van der Waals surface area contributed by atoms with E-state index in [1.165, 1.54) is 25.2 Å². The van der Waals surface area contributed by atoms with E-state index in [2.05, 4.69) is 25.2 Å². The molecular weight excluding hydrogens is 280 g/mol. The van der Waals surface area contributed by atoms with Gasteiger partial charge < -0.3 is 16.0 Å². The largest absolute Gasteiger partial charge is 0.382 e. The zero-order chi connectivity index (χ0) is 15.4. The van der Waals surface area contributed by atoms with Crippen molar-refractivity contribution in [3.8, 4) is 0 Å². The third-order valence-corrected chi connectivity index (χ3v) is 3.63. The van der Waals surface area contributed by atoms with E-state index in [0.717, 1.165) is 24.5 Å². The van der Waals surface area contributed by atoms with Crippen molar-refractivity contribution in [3.05, 3.63) is 42.0 Å². The van der Waals surface area contributed by atoms with E-state index >= 15 is 0 Å². The summed E-state index contributed by atoms with van der Waals surface area (Å²) in [6, 6.07) is 3.96. The van der Waals surface area contributed by atoms with Gasteiger partial charge in [-0.3, -0.25) is 4.79 Å². The van der Waals surface area contributed by atoms with E-state index in [4.69, 9.17) is 5.73 Å². The Labute approximate surface area is 128 Å². The predicted octanol–water partition coefficient (Wildman–Crippen LogP) is 0.984. The molecular formula is C15H18N6O. The first-order valence-corrected chi connectivity index (χ1v) is 7.28. The minimum atomic E-state index is -0.339. The topological polar surface area (TPSA) is 97.0 Å². The van der Waals surface area contributed by atoms with Crippen molar-refractivity contribution in [2.45, 2.75) is 19.4 Å². The van der Waals surface area contributed by atoms with Gasteiger partial charge >= 0.3 is 0 Å². The van der Waals surface area contributed by atoms with Crippen molar-refractivity contribution in [3.63, 3.8) is 0 Å². The Hall–Kier alpha value is -2.70. The van der Waals surface area contributed by atoms with Crippen LogP contribution < -0.4 is 16.0 Å². The number of nitrogens with one attached hydrogen (secondary N) is 1. The number of pyridine rings is 1. The van der Waals surface area contributed by atoms with Crippen molar-refractivity contribution in [2.75, 3.05) is 23.7 Å². The quantitative estimate of drug-likeness (QED) is 0.873. The van der Waals surface area contributed by atoms with Crippen LogP contribution >= 0.6 is 0 Å². The minimum Gasteiger partial charge on any atom is -0.382 e. The maximum absolute atomic E-state index is 12.0. The lowest BCUT2D eigenvalue weighted by Gasteiger charge is -2.16. The van der Waals surface area contributed by atoms with Crippen LogP contribution in [0.25, 0.3) is 0 Å². The molecule has 0 bridgehead atoms. The van der Waals surface area contributed by atoms with Crippen LogP contribution in [0.15, 0.2) is 30.7 Å². The summed E-state index contributed by atoms with van der Waals surface area (Å²) in [6.45, 7) is 2.51. The molecule has 1 aliphatic heterocycles. The standard InChI is InChI=1S/C15H18N6O/c16-14-13(17-5-6-18-14)15(22)20-10-11-3-4-12(19-9-11)21-7-1-2-8-21/h3-6,9H,1-2,7-8,10H2,(H2,16,18)(H,20,22). The molecule has 0 atom stereocenters. The highest BCUT2D eigenvalue weighted by molar-refractivity contribution is 5.96. The summed E-state index contributed by atoms with van der Waals surface area (Å²) in [5.41, 5.74) is 6.70. The predicted molar refractivity (Wildman–Crippen MR) is 83.3 cm³/mol. The van der Waals surface area contributed by atoms with Crippen LogP contribution in [0.5, 0.6) is 0 Å². The van der Waals surface area contributed by atoms with Gasteiger partial charge in [-0.2, -0.15) is 0 Å². The van der Waals surface area contributed by atoms with Gasteiger partial charge in [0.05, 0.1) is 0 Å². The second kappa shape index (κ2) is 6.38. The van der Waals surface area contributed by atoms with Crippen molar-refractivity contribution in [1.82, 2.24) is 20.3 Å². The molecule has 2 aromatic heterocycles. The highest BCUT2D eigenvalue weighted by Crippen LogP contribution is 2.17. The van der Waals surface area contributed by atoms with Crippen molar-refractivity contribution in [1.29, 1.82) is 0 Å². The van der Waals surface area contributed by atoms with Crippen LogP contribution in [0.1, 0.15) is 28.9 Å². The van der Waals surface area contributed by atoms with E-state index in [1.54, 1.807) is 6.20 Å². The fourth-order valence-electron chi connectivity index (χ4n) is 2.44. The Balaban J connectivity index is 1.59. The molecule has 3 heterocycles. The lowest BCUT2D eigenvalue weighted by atomic mass is 10.2. The van der Waals surface area contributed by atoms with Gasteiger partial charge in [-0.15, -0.1) is 0 Å². The van der Waals surface area contributed by atoms with E-state index in [-0.39, 0.29) is 17.4 Å². The van der Waals surface area contributed by atoms with Crippen molar-refractivity contribution in [2.24, 2.45) is 0 Å². The number of anilines is 2. The maximum atomic E-state index is 12.0. The van der Waals surface area contributed by atoms with Crippen LogP contribution in [0, 0.1) is 0 Å². The highest BCUT2D eigenvalue weighted by atomic mass is 16.1. The number of nitrogen functional groups attached to an aromatic ring is 1. The monoisotopic (exact) mass is 298 g/mol. The number of carbonyl (C=O) groups excluding carboxylic acids is 1. The molecule has 0 unspecified atom stereocenters. The highest BCUT2D eigenvalue weighted by Gasteiger charge is 2.14. The normalized spacial score (nSPS) is 14.1. The molecule has 3 N–H and O–H groups in total. The molecule has 0 saturated carbocycles. The lowest BCUT2D eigenvalue weighted by molar-refractivity contribution is 0.0946. The van der Waals surface area contributed by atoms with Crippen molar-refractivity contribution >= 4 is 17.5 Å². The molecule has 0 aromatic carbocycles.